The van der Waals surface area contributed by atoms with Crippen LogP contribution in [0.5, 0.6) is 11.5 Å². The van der Waals surface area contributed by atoms with Crippen molar-refractivity contribution in [3.8, 4) is 11.5 Å². The number of methoxy groups -OCH3 is 1. The third-order valence-corrected chi connectivity index (χ3v) is 5.25. The van der Waals surface area contributed by atoms with Crippen LogP contribution in [0, 0.1) is 0 Å². The van der Waals surface area contributed by atoms with Crippen molar-refractivity contribution < 1.29 is 23.9 Å². The van der Waals surface area contributed by atoms with Crippen molar-refractivity contribution in [1.82, 2.24) is 10.7 Å². The van der Waals surface area contributed by atoms with Crippen molar-refractivity contribution >= 4 is 24.0 Å². The molecule has 0 aliphatic heterocycles. The van der Waals surface area contributed by atoms with E-state index in [0.717, 1.165) is 19.3 Å². The number of rotatable bonds is 15. The second kappa shape index (κ2) is 16.0. The van der Waals surface area contributed by atoms with E-state index in [1.807, 2.05) is 0 Å². The van der Waals surface area contributed by atoms with Crippen molar-refractivity contribution in [2.75, 3.05) is 13.7 Å². The Morgan fingerprint density at radius 1 is 0.886 bits per heavy atom. The zero-order valence-corrected chi connectivity index (χ0v) is 20.5. The summed E-state index contributed by atoms with van der Waals surface area (Å²) in [5, 5.41) is 6.50. The van der Waals surface area contributed by atoms with Gasteiger partial charge < -0.3 is 14.8 Å². The first-order valence-corrected chi connectivity index (χ1v) is 12.1. The second-order valence-electron chi connectivity index (χ2n) is 8.13. The number of ether oxygens (including phenoxy) is 2. The maximum absolute atomic E-state index is 12.3. The number of hydrogen-bond donors (Lipinski definition) is 2. The molecule has 0 saturated heterocycles. The number of esters is 1. The molecule has 8 nitrogen and oxygen atoms in total. The van der Waals surface area contributed by atoms with Crippen molar-refractivity contribution in [3.05, 3.63) is 59.7 Å². The highest BCUT2D eigenvalue weighted by molar-refractivity contribution is 5.91. The van der Waals surface area contributed by atoms with Gasteiger partial charge in [0.25, 0.3) is 5.91 Å². The van der Waals surface area contributed by atoms with Gasteiger partial charge in [0, 0.05) is 6.42 Å². The highest BCUT2D eigenvalue weighted by Gasteiger charge is 2.09. The van der Waals surface area contributed by atoms with E-state index in [9.17, 15) is 14.4 Å². The summed E-state index contributed by atoms with van der Waals surface area (Å²) in [5.74, 6) is -0.0594. The summed E-state index contributed by atoms with van der Waals surface area (Å²) in [7, 11) is 1.55. The molecule has 2 N–H and O–H groups in total. The van der Waals surface area contributed by atoms with Gasteiger partial charge in [-0.15, -0.1) is 0 Å². The van der Waals surface area contributed by atoms with E-state index < -0.39 is 11.9 Å². The number of nitrogens with zero attached hydrogens (tertiary/aromatic N) is 1. The van der Waals surface area contributed by atoms with Gasteiger partial charge in [-0.2, -0.15) is 5.10 Å². The Labute approximate surface area is 207 Å². The van der Waals surface area contributed by atoms with Gasteiger partial charge in [0.15, 0.2) is 0 Å². The quantitative estimate of drug-likeness (QED) is 0.127. The van der Waals surface area contributed by atoms with Gasteiger partial charge >= 0.3 is 5.97 Å². The lowest BCUT2D eigenvalue weighted by Gasteiger charge is -2.06. The Hall–Kier alpha value is -3.68. The van der Waals surface area contributed by atoms with Crippen LogP contribution in [-0.4, -0.2) is 37.7 Å². The summed E-state index contributed by atoms with van der Waals surface area (Å²) < 4.78 is 10.5. The lowest BCUT2D eigenvalue weighted by molar-refractivity contribution is -0.126. The van der Waals surface area contributed by atoms with E-state index in [2.05, 4.69) is 22.8 Å². The molecule has 0 fully saturated rings. The van der Waals surface area contributed by atoms with E-state index >= 15 is 0 Å². The van der Waals surface area contributed by atoms with Crippen LogP contribution in [0.4, 0.5) is 0 Å². The number of benzene rings is 2. The van der Waals surface area contributed by atoms with Gasteiger partial charge in [0.2, 0.25) is 5.91 Å². The average Bonchev–Trinajstić information content (AvgIpc) is 2.87. The summed E-state index contributed by atoms with van der Waals surface area (Å²) in [4.78, 5) is 36.1. The van der Waals surface area contributed by atoms with Crippen LogP contribution >= 0.6 is 0 Å². The Kier molecular flexibility index (Phi) is 12.6. The highest BCUT2D eigenvalue weighted by Crippen LogP contribution is 2.16. The third-order valence-electron chi connectivity index (χ3n) is 5.25. The van der Waals surface area contributed by atoms with Crippen LogP contribution in [-0.2, 0) is 9.59 Å². The van der Waals surface area contributed by atoms with Gasteiger partial charge in [-0.25, -0.2) is 10.2 Å². The molecule has 188 valence electrons. The summed E-state index contributed by atoms with van der Waals surface area (Å²) in [6, 6.07) is 13.3. The van der Waals surface area contributed by atoms with Crippen LogP contribution in [0.15, 0.2) is 53.6 Å². The molecule has 2 amide bonds. The Morgan fingerprint density at radius 2 is 1.60 bits per heavy atom. The second-order valence-corrected chi connectivity index (χ2v) is 8.13. The van der Waals surface area contributed by atoms with Crippen molar-refractivity contribution in [1.29, 1.82) is 0 Å². The predicted octanol–water partition coefficient (Wildman–Crippen LogP) is 4.62. The molecule has 0 aliphatic rings. The normalized spacial score (nSPS) is 10.7. The van der Waals surface area contributed by atoms with Crippen molar-refractivity contribution in [3.63, 3.8) is 0 Å². The van der Waals surface area contributed by atoms with E-state index in [-0.39, 0.29) is 12.5 Å². The summed E-state index contributed by atoms with van der Waals surface area (Å²) in [6.45, 7) is 2.06. The lowest BCUT2D eigenvalue weighted by atomic mass is 10.1. The SMILES string of the molecule is CCCCCCCCCC(=O)NCC(=O)NN=Cc1cccc(OC(=O)c2ccc(OC)cc2)c1. The highest BCUT2D eigenvalue weighted by atomic mass is 16.5. The number of hydrogen-bond acceptors (Lipinski definition) is 6. The minimum Gasteiger partial charge on any atom is -0.497 e. The maximum Gasteiger partial charge on any atom is 0.343 e. The lowest BCUT2D eigenvalue weighted by Crippen LogP contribution is -2.34. The number of carbonyl (C=O) groups excluding carboxylic acids is 3. The summed E-state index contributed by atoms with van der Waals surface area (Å²) in [5.41, 5.74) is 3.40. The van der Waals surface area contributed by atoms with Gasteiger partial charge in [0.05, 0.1) is 25.4 Å². The van der Waals surface area contributed by atoms with Crippen molar-refractivity contribution in [2.45, 2.75) is 58.3 Å². The first kappa shape index (κ1) is 27.6. The molecule has 0 atom stereocenters. The molecular formula is C27H35N3O5. The van der Waals surface area contributed by atoms with Gasteiger partial charge in [-0.1, -0.05) is 57.6 Å². The topological polar surface area (TPSA) is 106 Å². The molecule has 0 bridgehead atoms. The molecule has 2 aromatic carbocycles. The van der Waals surface area contributed by atoms with E-state index in [1.54, 1.807) is 55.6 Å². The van der Waals surface area contributed by atoms with Crippen LogP contribution in [0.3, 0.4) is 0 Å². The molecule has 0 radical (unpaired) electrons. The maximum atomic E-state index is 12.3. The van der Waals surface area contributed by atoms with Gasteiger partial charge in [-0.3, -0.25) is 9.59 Å². The first-order chi connectivity index (χ1) is 17.0. The van der Waals surface area contributed by atoms with E-state index in [1.165, 1.54) is 31.9 Å². The molecule has 2 rings (SSSR count). The van der Waals surface area contributed by atoms with Gasteiger partial charge in [0.1, 0.15) is 11.5 Å². The molecule has 2 aromatic rings. The standard InChI is InChI=1S/C27H35N3O5/c1-3-4-5-6-7-8-9-13-25(31)28-20-26(32)30-29-19-21-11-10-12-24(18-21)35-27(33)22-14-16-23(34-2)17-15-22/h10-12,14-19H,3-9,13,20H2,1-2H3,(H,28,31)(H,30,32). The summed E-state index contributed by atoms with van der Waals surface area (Å²) >= 11 is 0. The molecule has 0 aliphatic carbocycles. The average molecular weight is 482 g/mol. The molecule has 35 heavy (non-hydrogen) atoms. The molecule has 0 aromatic heterocycles. The fourth-order valence-corrected chi connectivity index (χ4v) is 3.28. The smallest absolute Gasteiger partial charge is 0.343 e. The zero-order valence-electron chi connectivity index (χ0n) is 20.5. The van der Waals surface area contributed by atoms with Crippen molar-refractivity contribution in [2.24, 2.45) is 5.10 Å². The molecule has 0 spiro atoms. The predicted molar refractivity (Wildman–Crippen MR) is 136 cm³/mol. The first-order valence-electron chi connectivity index (χ1n) is 12.1. The Balaban J connectivity index is 1.69. The molecule has 0 heterocycles. The Bertz CT molecular complexity index is 973. The number of amides is 2. The molecule has 8 heteroatoms. The number of carbonyl (C=O) groups is 3. The van der Waals surface area contributed by atoms with E-state index in [4.69, 9.17) is 9.47 Å². The fourth-order valence-electron chi connectivity index (χ4n) is 3.28. The molecule has 0 saturated carbocycles. The van der Waals surface area contributed by atoms with Crippen LogP contribution < -0.4 is 20.2 Å². The minimum absolute atomic E-state index is 0.133. The Morgan fingerprint density at radius 3 is 2.31 bits per heavy atom. The number of nitrogens with one attached hydrogen (secondary N) is 2. The minimum atomic E-state index is -0.498. The fraction of sp³-hybridized carbons (Fsp3) is 0.407. The van der Waals surface area contributed by atoms with E-state index in [0.29, 0.717) is 29.0 Å². The van der Waals surface area contributed by atoms with Crippen LogP contribution in [0.1, 0.15) is 74.2 Å². The third kappa shape index (κ3) is 11.3. The van der Waals surface area contributed by atoms with Crippen LogP contribution in [0.25, 0.3) is 0 Å². The number of unbranched alkanes of at least 4 members (excludes halogenated alkanes) is 6. The molecule has 0 unspecified atom stereocenters. The van der Waals surface area contributed by atoms with Gasteiger partial charge in [-0.05, 0) is 48.4 Å². The van der Waals surface area contributed by atoms with Crippen LogP contribution in [0.2, 0.25) is 0 Å². The largest absolute Gasteiger partial charge is 0.497 e. The summed E-state index contributed by atoms with van der Waals surface area (Å²) in [6.07, 6.45) is 9.81. The monoisotopic (exact) mass is 481 g/mol. The zero-order chi connectivity index (χ0) is 25.3. The number of hydrazone groups is 1. The molecular weight excluding hydrogens is 446 g/mol.